The predicted octanol–water partition coefficient (Wildman–Crippen LogP) is 2.71. The SMILES string of the molecule is OC[C@]12CCC(NCC=Cc3cc(F)ccc3F)CC1CCNC2. The van der Waals surface area contributed by atoms with E-state index < -0.39 is 11.6 Å². The summed E-state index contributed by atoms with van der Waals surface area (Å²) in [7, 11) is 0. The van der Waals surface area contributed by atoms with Crippen molar-refractivity contribution >= 4 is 6.08 Å². The summed E-state index contributed by atoms with van der Waals surface area (Å²) in [4.78, 5) is 0. The van der Waals surface area contributed by atoms with Crippen molar-refractivity contribution in [3.8, 4) is 0 Å². The van der Waals surface area contributed by atoms with E-state index in [1.807, 2.05) is 6.08 Å². The maximum Gasteiger partial charge on any atom is 0.130 e. The zero-order valence-corrected chi connectivity index (χ0v) is 13.9. The highest BCUT2D eigenvalue weighted by atomic mass is 19.1. The Bertz CT molecular complexity index is 593. The monoisotopic (exact) mass is 336 g/mol. The van der Waals surface area contributed by atoms with Crippen molar-refractivity contribution in [2.24, 2.45) is 11.3 Å². The summed E-state index contributed by atoms with van der Waals surface area (Å²) in [6.45, 7) is 2.84. The summed E-state index contributed by atoms with van der Waals surface area (Å²) >= 11 is 0. The Morgan fingerprint density at radius 1 is 1.33 bits per heavy atom. The van der Waals surface area contributed by atoms with Crippen molar-refractivity contribution in [2.75, 3.05) is 26.2 Å². The fraction of sp³-hybridized carbons (Fsp3) is 0.579. The van der Waals surface area contributed by atoms with Gasteiger partial charge in [0.1, 0.15) is 11.6 Å². The Morgan fingerprint density at radius 2 is 2.21 bits per heavy atom. The molecule has 1 heterocycles. The van der Waals surface area contributed by atoms with E-state index in [-0.39, 0.29) is 17.6 Å². The molecule has 3 rings (SSSR count). The lowest BCUT2D eigenvalue weighted by Crippen LogP contribution is -2.54. The molecule has 0 aromatic heterocycles. The Labute approximate surface area is 142 Å². The lowest BCUT2D eigenvalue weighted by atomic mass is 9.62. The fourth-order valence-corrected chi connectivity index (χ4v) is 4.16. The molecule has 3 atom stereocenters. The summed E-state index contributed by atoms with van der Waals surface area (Å²) in [5.41, 5.74) is 0.329. The van der Waals surface area contributed by atoms with Crippen LogP contribution in [-0.2, 0) is 0 Å². The van der Waals surface area contributed by atoms with E-state index in [1.54, 1.807) is 6.08 Å². The third kappa shape index (κ3) is 3.85. The summed E-state index contributed by atoms with van der Waals surface area (Å²) in [6, 6.07) is 3.90. The van der Waals surface area contributed by atoms with Crippen LogP contribution >= 0.6 is 0 Å². The number of aliphatic hydroxyl groups excluding tert-OH is 1. The number of fused-ring (bicyclic) bond motifs is 1. The van der Waals surface area contributed by atoms with Crippen LogP contribution in [-0.4, -0.2) is 37.4 Å². The molecule has 5 heteroatoms. The maximum absolute atomic E-state index is 13.6. The van der Waals surface area contributed by atoms with Gasteiger partial charge in [-0.25, -0.2) is 8.78 Å². The van der Waals surface area contributed by atoms with E-state index in [0.717, 1.165) is 50.9 Å². The molecule has 0 radical (unpaired) electrons. The van der Waals surface area contributed by atoms with Gasteiger partial charge in [0.2, 0.25) is 0 Å². The van der Waals surface area contributed by atoms with Crippen molar-refractivity contribution in [1.82, 2.24) is 10.6 Å². The lowest BCUT2D eigenvalue weighted by Gasteiger charge is -2.49. The molecule has 2 unspecified atom stereocenters. The molecule has 1 saturated carbocycles. The Morgan fingerprint density at radius 3 is 3.04 bits per heavy atom. The van der Waals surface area contributed by atoms with Crippen LogP contribution < -0.4 is 10.6 Å². The van der Waals surface area contributed by atoms with Gasteiger partial charge in [-0.1, -0.05) is 12.2 Å². The van der Waals surface area contributed by atoms with Crippen LogP contribution in [0, 0.1) is 23.0 Å². The Hall–Kier alpha value is -1.30. The molecule has 1 saturated heterocycles. The number of benzene rings is 1. The topological polar surface area (TPSA) is 44.3 Å². The van der Waals surface area contributed by atoms with Gasteiger partial charge in [0.05, 0.1) is 6.61 Å². The van der Waals surface area contributed by atoms with E-state index >= 15 is 0 Å². The first-order valence-corrected chi connectivity index (χ1v) is 8.79. The van der Waals surface area contributed by atoms with Gasteiger partial charge in [-0.15, -0.1) is 0 Å². The minimum Gasteiger partial charge on any atom is -0.396 e. The van der Waals surface area contributed by atoms with Crippen molar-refractivity contribution in [1.29, 1.82) is 0 Å². The average molecular weight is 336 g/mol. The maximum atomic E-state index is 13.6. The Kier molecular flexibility index (Phi) is 5.64. The normalized spacial score (nSPS) is 30.5. The van der Waals surface area contributed by atoms with Crippen molar-refractivity contribution in [3.63, 3.8) is 0 Å². The zero-order chi connectivity index (χ0) is 17.0. The van der Waals surface area contributed by atoms with Gasteiger partial charge in [0.25, 0.3) is 0 Å². The van der Waals surface area contributed by atoms with E-state index in [1.165, 1.54) is 6.07 Å². The number of halogens is 2. The van der Waals surface area contributed by atoms with E-state index in [0.29, 0.717) is 18.5 Å². The second kappa shape index (κ2) is 7.72. The highest BCUT2D eigenvalue weighted by molar-refractivity contribution is 5.50. The number of aliphatic hydroxyl groups is 1. The molecular formula is C19H26F2N2O. The number of rotatable bonds is 5. The molecule has 1 aliphatic heterocycles. The predicted molar refractivity (Wildman–Crippen MR) is 91.5 cm³/mol. The summed E-state index contributed by atoms with van der Waals surface area (Å²) in [6.07, 6.45) is 7.72. The van der Waals surface area contributed by atoms with Crippen molar-refractivity contribution in [2.45, 2.75) is 31.7 Å². The molecule has 132 valence electrons. The third-order valence-corrected chi connectivity index (χ3v) is 5.67. The van der Waals surface area contributed by atoms with Gasteiger partial charge < -0.3 is 15.7 Å². The second-order valence-electron chi connectivity index (χ2n) is 7.13. The van der Waals surface area contributed by atoms with Crippen LogP contribution in [0.15, 0.2) is 24.3 Å². The molecular weight excluding hydrogens is 310 g/mol. The smallest absolute Gasteiger partial charge is 0.130 e. The summed E-state index contributed by atoms with van der Waals surface area (Å²) < 4.78 is 26.7. The van der Waals surface area contributed by atoms with E-state index in [9.17, 15) is 13.9 Å². The second-order valence-corrected chi connectivity index (χ2v) is 7.13. The van der Waals surface area contributed by atoms with E-state index in [2.05, 4.69) is 10.6 Å². The number of hydrogen-bond donors (Lipinski definition) is 3. The van der Waals surface area contributed by atoms with Gasteiger partial charge in [-0.3, -0.25) is 0 Å². The molecule has 2 fully saturated rings. The summed E-state index contributed by atoms with van der Waals surface area (Å²) in [5.74, 6) is -0.282. The molecule has 1 aromatic rings. The molecule has 0 amide bonds. The highest BCUT2D eigenvalue weighted by Crippen LogP contribution is 2.44. The van der Waals surface area contributed by atoms with Crippen LogP contribution in [0.4, 0.5) is 8.78 Å². The third-order valence-electron chi connectivity index (χ3n) is 5.67. The Balaban J connectivity index is 1.51. The quantitative estimate of drug-likeness (QED) is 0.775. The molecule has 2 aliphatic rings. The van der Waals surface area contributed by atoms with Gasteiger partial charge in [0, 0.05) is 30.1 Å². The number of hydrogen-bond acceptors (Lipinski definition) is 3. The first kappa shape index (κ1) is 17.5. The zero-order valence-electron chi connectivity index (χ0n) is 13.9. The minimum absolute atomic E-state index is 0.0525. The van der Waals surface area contributed by atoms with Gasteiger partial charge in [-0.2, -0.15) is 0 Å². The standard InChI is InChI=1S/C19H26F2N2O/c20-16-3-4-18(21)14(10-16)2-1-8-23-17-5-7-19(13-24)12-22-9-6-15(19)11-17/h1-4,10,15,17,22-24H,5-9,11-13H2/t15?,17?,19-/m1/s1. The molecule has 0 spiro atoms. The fourth-order valence-electron chi connectivity index (χ4n) is 4.16. The first-order chi connectivity index (χ1) is 11.6. The van der Waals surface area contributed by atoms with Crippen LogP contribution in [0.1, 0.15) is 31.2 Å². The number of piperidine rings is 1. The minimum atomic E-state index is -0.428. The molecule has 3 nitrogen and oxygen atoms in total. The van der Waals surface area contributed by atoms with E-state index in [4.69, 9.17) is 0 Å². The first-order valence-electron chi connectivity index (χ1n) is 8.79. The number of nitrogens with one attached hydrogen (secondary N) is 2. The molecule has 0 bridgehead atoms. The lowest BCUT2D eigenvalue weighted by molar-refractivity contribution is -0.00723. The van der Waals surface area contributed by atoms with Crippen LogP contribution in [0.5, 0.6) is 0 Å². The van der Waals surface area contributed by atoms with Crippen LogP contribution in [0.3, 0.4) is 0 Å². The molecule has 1 aliphatic carbocycles. The largest absolute Gasteiger partial charge is 0.396 e. The van der Waals surface area contributed by atoms with Gasteiger partial charge >= 0.3 is 0 Å². The van der Waals surface area contributed by atoms with Crippen molar-refractivity contribution < 1.29 is 13.9 Å². The highest BCUT2D eigenvalue weighted by Gasteiger charge is 2.44. The van der Waals surface area contributed by atoms with Gasteiger partial charge in [0.15, 0.2) is 0 Å². The van der Waals surface area contributed by atoms with Crippen LogP contribution in [0.2, 0.25) is 0 Å². The molecule has 24 heavy (non-hydrogen) atoms. The van der Waals surface area contributed by atoms with Gasteiger partial charge in [-0.05, 0) is 56.3 Å². The summed E-state index contributed by atoms with van der Waals surface area (Å²) in [5, 5.41) is 16.7. The molecule has 3 N–H and O–H groups in total. The molecule has 1 aromatic carbocycles. The van der Waals surface area contributed by atoms with Crippen molar-refractivity contribution in [3.05, 3.63) is 41.5 Å². The average Bonchev–Trinajstić information content (AvgIpc) is 2.61. The van der Waals surface area contributed by atoms with Crippen LogP contribution in [0.25, 0.3) is 6.08 Å².